The molecule has 0 amide bonds. The quantitative estimate of drug-likeness (QED) is 0.684. The fourth-order valence-electron chi connectivity index (χ4n) is 4.43. The fourth-order valence-corrected chi connectivity index (χ4v) is 4.43. The minimum Gasteiger partial charge on any atom is -0.313 e. The van der Waals surface area contributed by atoms with E-state index in [0.29, 0.717) is 0 Å². The first-order chi connectivity index (χ1) is 6.36. The Balaban J connectivity index is 1.77. The molecule has 0 aromatic rings. The average Bonchev–Trinajstić information content (AvgIpc) is 2.10. The van der Waals surface area contributed by atoms with E-state index < -0.39 is 0 Å². The molecule has 4 fully saturated rings. The van der Waals surface area contributed by atoms with Crippen LogP contribution in [0.2, 0.25) is 0 Å². The standard InChI is InChI=1S/C12H20N/c1-2-13-12-10-4-8-3-9(6-10)7-11(12)5-8/h8-13H,1-7H2. The van der Waals surface area contributed by atoms with Crippen LogP contribution in [0.4, 0.5) is 0 Å². The van der Waals surface area contributed by atoms with Crippen LogP contribution in [0.1, 0.15) is 32.1 Å². The maximum atomic E-state index is 3.93. The van der Waals surface area contributed by atoms with E-state index in [2.05, 4.69) is 12.2 Å². The third kappa shape index (κ3) is 1.24. The molecule has 4 rings (SSSR count). The smallest absolute Gasteiger partial charge is 0.0124 e. The lowest BCUT2D eigenvalue weighted by molar-refractivity contribution is -0.0124. The molecule has 0 heterocycles. The number of rotatable bonds is 2. The zero-order valence-electron chi connectivity index (χ0n) is 8.34. The van der Waals surface area contributed by atoms with Gasteiger partial charge < -0.3 is 5.32 Å². The van der Waals surface area contributed by atoms with Crippen molar-refractivity contribution in [3.05, 3.63) is 6.92 Å². The lowest BCUT2D eigenvalue weighted by atomic mass is 9.54. The molecule has 13 heavy (non-hydrogen) atoms. The Morgan fingerprint density at radius 3 is 1.92 bits per heavy atom. The number of hydrogen-bond donors (Lipinski definition) is 1. The molecular weight excluding hydrogens is 158 g/mol. The Labute approximate surface area is 81.3 Å². The van der Waals surface area contributed by atoms with Crippen LogP contribution in [-0.2, 0) is 0 Å². The summed E-state index contributed by atoms with van der Waals surface area (Å²) in [5.74, 6) is 4.23. The van der Waals surface area contributed by atoms with Crippen molar-refractivity contribution < 1.29 is 0 Å². The molecule has 4 aliphatic carbocycles. The molecule has 1 nitrogen and oxygen atoms in total. The SMILES string of the molecule is [CH2]CNC1C2CC3CC(C2)CC1C3. The Morgan fingerprint density at radius 1 is 0.923 bits per heavy atom. The summed E-state index contributed by atoms with van der Waals surface area (Å²) in [6.45, 7) is 4.85. The van der Waals surface area contributed by atoms with Crippen molar-refractivity contribution >= 4 is 0 Å². The van der Waals surface area contributed by atoms with Gasteiger partial charge in [-0.25, -0.2) is 0 Å². The molecule has 4 bridgehead atoms. The van der Waals surface area contributed by atoms with Crippen LogP contribution >= 0.6 is 0 Å². The van der Waals surface area contributed by atoms with Crippen LogP contribution < -0.4 is 5.32 Å². The highest BCUT2D eigenvalue weighted by atomic mass is 14.9. The predicted octanol–water partition coefficient (Wildman–Crippen LogP) is 2.23. The van der Waals surface area contributed by atoms with Crippen LogP contribution in [0.3, 0.4) is 0 Å². The van der Waals surface area contributed by atoms with E-state index in [1.807, 2.05) is 0 Å². The second-order valence-corrected chi connectivity index (χ2v) is 5.41. The van der Waals surface area contributed by atoms with Gasteiger partial charge in [0.15, 0.2) is 0 Å². The van der Waals surface area contributed by atoms with Crippen molar-refractivity contribution in [3.63, 3.8) is 0 Å². The zero-order chi connectivity index (χ0) is 8.84. The molecule has 0 atom stereocenters. The molecule has 4 saturated carbocycles. The fraction of sp³-hybridized carbons (Fsp3) is 0.917. The molecule has 0 aromatic carbocycles. The van der Waals surface area contributed by atoms with Gasteiger partial charge in [0.2, 0.25) is 0 Å². The molecule has 0 unspecified atom stereocenters. The molecule has 73 valence electrons. The van der Waals surface area contributed by atoms with Crippen molar-refractivity contribution in [2.45, 2.75) is 38.1 Å². The number of nitrogens with one attached hydrogen (secondary N) is 1. The van der Waals surface area contributed by atoms with E-state index in [1.165, 1.54) is 25.7 Å². The van der Waals surface area contributed by atoms with E-state index in [1.54, 1.807) is 6.42 Å². The van der Waals surface area contributed by atoms with Gasteiger partial charge in [-0.05, 0) is 69.2 Å². The van der Waals surface area contributed by atoms with Crippen molar-refractivity contribution in [1.82, 2.24) is 5.32 Å². The molecule has 1 heteroatoms. The molecule has 1 N–H and O–H groups in total. The largest absolute Gasteiger partial charge is 0.313 e. The first-order valence-electron chi connectivity index (χ1n) is 5.89. The summed E-state index contributed by atoms with van der Waals surface area (Å²) in [6, 6.07) is 0.838. The van der Waals surface area contributed by atoms with Crippen LogP contribution in [0, 0.1) is 30.6 Å². The van der Waals surface area contributed by atoms with Crippen molar-refractivity contribution in [2.24, 2.45) is 23.7 Å². The molecular formula is C12H20N. The summed E-state index contributed by atoms with van der Waals surface area (Å²) < 4.78 is 0. The van der Waals surface area contributed by atoms with Crippen LogP contribution in [0.15, 0.2) is 0 Å². The molecule has 0 spiro atoms. The summed E-state index contributed by atoms with van der Waals surface area (Å²) in [7, 11) is 0. The molecule has 4 aliphatic rings. The van der Waals surface area contributed by atoms with Crippen LogP contribution in [0.5, 0.6) is 0 Å². The lowest BCUT2D eigenvalue weighted by Crippen LogP contribution is -2.54. The minimum absolute atomic E-state index is 0.838. The lowest BCUT2D eigenvalue weighted by Gasteiger charge is -2.54. The Kier molecular flexibility index (Phi) is 1.90. The third-order valence-corrected chi connectivity index (χ3v) is 4.61. The first kappa shape index (κ1) is 8.28. The maximum absolute atomic E-state index is 3.93. The Hall–Kier alpha value is -0.0400. The third-order valence-electron chi connectivity index (χ3n) is 4.61. The average molecular weight is 178 g/mol. The van der Waals surface area contributed by atoms with E-state index in [0.717, 1.165) is 36.3 Å². The minimum atomic E-state index is 0.838. The molecule has 0 aromatic heterocycles. The summed E-state index contributed by atoms with van der Waals surface area (Å²) in [6.07, 6.45) is 7.63. The van der Waals surface area contributed by atoms with E-state index >= 15 is 0 Å². The monoisotopic (exact) mass is 178 g/mol. The second kappa shape index (κ2) is 2.98. The van der Waals surface area contributed by atoms with E-state index in [4.69, 9.17) is 0 Å². The van der Waals surface area contributed by atoms with Gasteiger partial charge >= 0.3 is 0 Å². The van der Waals surface area contributed by atoms with Gasteiger partial charge in [-0.15, -0.1) is 0 Å². The Morgan fingerprint density at radius 2 is 1.46 bits per heavy atom. The van der Waals surface area contributed by atoms with Crippen molar-refractivity contribution in [3.8, 4) is 0 Å². The van der Waals surface area contributed by atoms with Crippen molar-refractivity contribution in [1.29, 1.82) is 0 Å². The summed E-state index contributed by atoms with van der Waals surface area (Å²) in [4.78, 5) is 0. The van der Waals surface area contributed by atoms with Gasteiger partial charge in [-0.2, -0.15) is 0 Å². The highest BCUT2D eigenvalue weighted by Gasteiger charge is 2.47. The topological polar surface area (TPSA) is 12.0 Å². The summed E-state index contributed by atoms with van der Waals surface area (Å²) in [5, 5.41) is 3.62. The normalized spacial score (nSPS) is 52.8. The van der Waals surface area contributed by atoms with Gasteiger partial charge in [-0.3, -0.25) is 0 Å². The van der Waals surface area contributed by atoms with Gasteiger partial charge in [0.1, 0.15) is 0 Å². The number of hydrogen-bond acceptors (Lipinski definition) is 1. The van der Waals surface area contributed by atoms with Crippen LogP contribution in [0.25, 0.3) is 0 Å². The summed E-state index contributed by atoms with van der Waals surface area (Å²) in [5.41, 5.74) is 0. The Bertz CT molecular complexity index is 171. The molecule has 1 radical (unpaired) electrons. The highest BCUT2D eigenvalue weighted by molar-refractivity contribution is 5.01. The van der Waals surface area contributed by atoms with Gasteiger partial charge in [0, 0.05) is 6.04 Å². The van der Waals surface area contributed by atoms with Gasteiger partial charge in [-0.1, -0.05) is 0 Å². The van der Waals surface area contributed by atoms with Crippen LogP contribution in [-0.4, -0.2) is 12.6 Å². The van der Waals surface area contributed by atoms with E-state index in [9.17, 15) is 0 Å². The van der Waals surface area contributed by atoms with E-state index in [-0.39, 0.29) is 0 Å². The summed E-state index contributed by atoms with van der Waals surface area (Å²) >= 11 is 0. The van der Waals surface area contributed by atoms with Crippen molar-refractivity contribution in [2.75, 3.05) is 6.54 Å². The van der Waals surface area contributed by atoms with Gasteiger partial charge in [0.05, 0.1) is 0 Å². The van der Waals surface area contributed by atoms with Gasteiger partial charge in [0.25, 0.3) is 0 Å². The highest BCUT2D eigenvalue weighted by Crippen LogP contribution is 2.53. The molecule has 0 aliphatic heterocycles. The molecule has 0 saturated heterocycles. The maximum Gasteiger partial charge on any atom is 0.0124 e. The zero-order valence-corrected chi connectivity index (χ0v) is 8.34. The first-order valence-corrected chi connectivity index (χ1v) is 5.89. The predicted molar refractivity (Wildman–Crippen MR) is 54.2 cm³/mol. The second-order valence-electron chi connectivity index (χ2n) is 5.41.